The van der Waals surface area contributed by atoms with Gasteiger partial charge < -0.3 is 19.8 Å². The van der Waals surface area contributed by atoms with Gasteiger partial charge in [0.1, 0.15) is 0 Å². The number of nitrogens with one attached hydrogen (secondary N) is 2. The van der Waals surface area contributed by atoms with E-state index in [1.54, 1.807) is 12.1 Å². The molecule has 6 aromatic rings. The Bertz CT molecular complexity index is 2060. The predicted molar refractivity (Wildman–Crippen MR) is 183 cm³/mol. The number of carbonyl (C=O) groups is 2. The monoisotopic (exact) mass is 600 g/mol. The lowest BCUT2D eigenvalue weighted by atomic mass is 10.1. The molecule has 6 rings (SSSR count). The maximum absolute atomic E-state index is 13.1. The zero-order chi connectivity index (χ0) is 31.5. The zero-order valence-corrected chi connectivity index (χ0v) is 25.6. The number of hydrogen-bond acceptors (Lipinski definition) is 4. The molecule has 2 amide bonds. The van der Waals surface area contributed by atoms with E-state index in [0.29, 0.717) is 45.8 Å². The number of para-hydroxylation sites is 2. The number of aromatic nitrogens is 2. The second kappa shape index (κ2) is 12.8. The number of nitrogens with zero attached hydrogens (tertiary/aromatic N) is 2. The van der Waals surface area contributed by atoms with E-state index in [-0.39, 0.29) is 22.7 Å². The Balaban J connectivity index is 0.943. The van der Waals surface area contributed by atoms with E-state index in [1.807, 2.05) is 96.0 Å². The molecule has 2 aromatic heterocycles. The van der Waals surface area contributed by atoms with Crippen LogP contribution in [0.15, 0.2) is 94.5 Å². The maximum atomic E-state index is 13.1. The topological polar surface area (TPSA) is 102 Å². The molecule has 8 heteroatoms. The number of amides is 2. The van der Waals surface area contributed by atoms with Gasteiger partial charge >= 0.3 is 0 Å². The third-order valence-electron chi connectivity index (χ3n) is 8.60. The van der Waals surface area contributed by atoms with Crippen molar-refractivity contribution in [1.29, 1.82) is 0 Å². The van der Waals surface area contributed by atoms with Crippen LogP contribution in [0.25, 0.3) is 43.6 Å². The average Bonchev–Trinajstić information content (AvgIpc) is 3.05. The summed E-state index contributed by atoms with van der Waals surface area (Å²) in [6.07, 6.45) is 4.99. The molecule has 0 aliphatic carbocycles. The molecule has 0 fully saturated rings. The Morgan fingerprint density at radius 3 is 1.33 bits per heavy atom. The summed E-state index contributed by atoms with van der Waals surface area (Å²) < 4.78 is 3.99. The van der Waals surface area contributed by atoms with Crippen LogP contribution in [0.3, 0.4) is 0 Å². The van der Waals surface area contributed by atoms with E-state index in [1.165, 1.54) is 0 Å². The van der Waals surface area contributed by atoms with Crippen LogP contribution in [0.5, 0.6) is 0 Å². The van der Waals surface area contributed by atoms with E-state index in [4.69, 9.17) is 0 Å². The molecule has 0 aliphatic rings. The van der Waals surface area contributed by atoms with Gasteiger partial charge in [0, 0.05) is 59.9 Å². The fourth-order valence-electron chi connectivity index (χ4n) is 6.19. The normalized spacial score (nSPS) is 11.4. The lowest BCUT2D eigenvalue weighted by Crippen LogP contribution is -2.13. The summed E-state index contributed by atoms with van der Waals surface area (Å²) in [7, 11) is 3.87. The van der Waals surface area contributed by atoms with Crippen LogP contribution < -0.4 is 21.5 Å². The highest BCUT2D eigenvalue weighted by molar-refractivity contribution is 5.99. The first-order chi connectivity index (χ1) is 21.8. The second-order valence-electron chi connectivity index (χ2n) is 11.6. The van der Waals surface area contributed by atoms with Crippen molar-refractivity contribution in [2.75, 3.05) is 10.6 Å². The minimum absolute atomic E-state index is 0.0414. The van der Waals surface area contributed by atoms with Gasteiger partial charge in [-0.05, 0) is 73.5 Å². The van der Waals surface area contributed by atoms with Gasteiger partial charge in [-0.15, -0.1) is 0 Å². The van der Waals surface area contributed by atoms with Crippen LogP contribution >= 0.6 is 0 Å². The molecule has 0 atom stereocenters. The Morgan fingerprint density at radius 1 is 0.511 bits per heavy atom. The summed E-state index contributed by atoms with van der Waals surface area (Å²) in [5, 5.41) is 8.34. The minimum atomic E-state index is -0.0791. The van der Waals surface area contributed by atoms with Crippen molar-refractivity contribution in [2.45, 2.75) is 44.9 Å². The van der Waals surface area contributed by atoms with E-state index >= 15 is 0 Å². The molecule has 0 spiro atoms. The molecule has 228 valence electrons. The molecule has 4 aromatic carbocycles. The molecular formula is C37H36N4O4. The molecule has 0 radical (unpaired) electrons. The minimum Gasteiger partial charge on any atom is -0.343 e. The summed E-state index contributed by atoms with van der Waals surface area (Å²) in [4.78, 5) is 51.3. The number of fused-ring (bicyclic) bond motifs is 4. The van der Waals surface area contributed by atoms with E-state index in [0.717, 1.165) is 54.2 Å². The van der Waals surface area contributed by atoms with Gasteiger partial charge in [0.25, 0.3) is 0 Å². The average molecular weight is 601 g/mol. The summed E-state index contributed by atoms with van der Waals surface area (Å²) >= 11 is 0. The van der Waals surface area contributed by atoms with Gasteiger partial charge in [-0.25, -0.2) is 0 Å². The molecule has 0 saturated carbocycles. The van der Waals surface area contributed by atoms with Gasteiger partial charge in [0.15, 0.2) is 10.9 Å². The number of unbranched alkanes of at least 4 members (excludes halogenated alkanes) is 4. The maximum Gasteiger partial charge on any atom is 0.224 e. The quantitative estimate of drug-likeness (QED) is 0.131. The van der Waals surface area contributed by atoms with Crippen molar-refractivity contribution in [3.05, 3.63) is 105 Å². The summed E-state index contributed by atoms with van der Waals surface area (Å²) in [5.74, 6) is -0.158. The first kappa shape index (κ1) is 29.8. The van der Waals surface area contributed by atoms with Crippen LogP contribution in [-0.4, -0.2) is 20.9 Å². The van der Waals surface area contributed by atoms with Crippen LogP contribution in [0.4, 0.5) is 11.4 Å². The molecular weight excluding hydrogens is 564 g/mol. The van der Waals surface area contributed by atoms with Gasteiger partial charge in [-0.2, -0.15) is 0 Å². The Kier molecular flexibility index (Phi) is 8.47. The number of aryl methyl sites for hydroxylation is 2. The second-order valence-corrected chi connectivity index (χ2v) is 11.6. The zero-order valence-electron chi connectivity index (χ0n) is 25.6. The van der Waals surface area contributed by atoms with Crippen LogP contribution in [-0.2, 0) is 23.7 Å². The van der Waals surface area contributed by atoms with Crippen LogP contribution in [0.1, 0.15) is 44.9 Å². The summed E-state index contributed by atoms with van der Waals surface area (Å²) in [5.41, 5.74) is 4.54. The first-order valence-corrected chi connectivity index (χ1v) is 15.4. The Hall–Kier alpha value is -5.24. The fourth-order valence-corrected chi connectivity index (χ4v) is 6.19. The van der Waals surface area contributed by atoms with Gasteiger partial charge in [0.05, 0.1) is 22.1 Å². The smallest absolute Gasteiger partial charge is 0.224 e. The molecule has 8 nitrogen and oxygen atoms in total. The van der Waals surface area contributed by atoms with Gasteiger partial charge in [-0.3, -0.25) is 19.2 Å². The summed E-state index contributed by atoms with van der Waals surface area (Å²) in [6, 6.07) is 26.0. The standard InChI is InChI=1S/C37H36N4O4/c1-40-30-14-10-8-12-26(30)36(44)28-22-24(18-20-32(28)40)38-34(42)16-6-4-3-5-7-17-35(43)39-25-19-21-33-29(23-25)37(45)27-13-9-11-15-31(27)41(33)2/h8-15,18-23H,3-7,16-17H2,1-2H3,(H,38,42)(H,39,43). The van der Waals surface area contributed by atoms with Crippen LogP contribution in [0, 0.1) is 0 Å². The molecule has 0 aliphatic heterocycles. The highest BCUT2D eigenvalue weighted by Gasteiger charge is 2.12. The van der Waals surface area contributed by atoms with Gasteiger partial charge in [0.2, 0.25) is 11.8 Å². The predicted octanol–water partition coefficient (Wildman–Crippen LogP) is 7.00. The number of benzene rings is 4. The van der Waals surface area contributed by atoms with Crippen molar-refractivity contribution in [2.24, 2.45) is 14.1 Å². The molecule has 2 heterocycles. The number of anilines is 2. The molecule has 0 saturated heterocycles. The lowest BCUT2D eigenvalue weighted by Gasteiger charge is -2.12. The van der Waals surface area contributed by atoms with E-state index in [9.17, 15) is 19.2 Å². The number of hydrogen-bond donors (Lipinski definition) is 2. The van der Waals surface area contributed by atoms with Crippen molar-refractivity contribution in [3.63, 3.8) is 0 Å². The van der Waals surface area contributed by atoms with Crippen molar-refractivity contribution in [3.8, 4) is 0 Å². The third kappa shape index (κ3) is 6.09. The van der Waals surface area contributed by atoms with Crippen LogP contribution in [0.2, 0.25) is 0 Å². The molecule has 0 unspecified atom stereocenters. The highest BCUT2D eigenvalue weighted by atomic mass is 16.2. The molecule has 2 N–H and O–H groups in total. The van der Waals surface area contributed by atoms with Gasteiger partial charge in [-0.1, -0.05) is 43.5 Å². The summed E-state index contributed by atoms with van der Waals surface area (Å²) in [6.45, 7) is 0. The molecule has 45 heavy (non-hydrogen) atoms. The van der Waals surface area contributed by atoms with Crippen molar-refractivity contribution in [1.82, 2.24) is 9.13 Å². The number of carbonyl (C=O) groups excluding carboxylic acids is 2. The molecule has 0 bridgehead atoms. The number of pyridine rings is 2. The first-order valence-electron chi connectivity index (χ1n) is 15.4. The number of rotatable bonds is 10. The van der Waals surface area contributed by atoms with E-state index < -0.39 is 0 Å². The van der Waals surface area contributed by atoms with Crippen molar-refractivity contribution < 1.29 is 9.59 Å². The fraction of sp³-hybridized carbons (Fsp3) is 0.243. The largest absolute Gasteiger partial charge is 0.343 e. The lowest BCUT2D eigenvalue weighted by molar-refractivity contribution is -0.117. The highest BCUT2D eigenvalue weighted by Crippen LogP contribution is 2.23. The van der Waals surface area contributed by atoms with Crippen molar-refractivity contribution >= 4 is 66.8 Å². The SMILES string of the molecule is Cn1c2ccccc2c(=O)c2cc(NC(=O)CCCCCCCC(=O)Nc3ccc4c(c3)c(=O)c3ccccc3n4C)ccc21. The third-order valence-corrected chi connectivity index (χ3v) is 8.60. The Labute approximate surface area is 260 Å². The van der Waals surface area contributed by atoms with E-state index in [2.05, 4.69) is 10.6 Å². The Morgan fingerprint density at radius 2 is 0.889 bits per heavy atom.